The van der Waals surface area contributed by atoms with Crippen LogP contribution in [0.4, 0.5) is 13.2 Å². The van der Waals surface area contributed by atoms with E-state index in [1.807, 2.05) is 0 Å². The number of hydrogen-bond donors (Lipinski definition) is 1. The molecule has 156 valence electrons. The largest absolute Gasteiger partial charge is 0.479 e. The lowest BCUT2D eigenvalue weighted by molar-refractivity contribution is -0.150. The van der Waals surface area contributed by atoms with Gasteiger partial charge in [-0.3, -0.25) is 4.79 Å². The quantitative estimate of drug-likeness (QED) is 0.532. The first-order valence-electron chi connectivity index (χ1n) is 8.37. The Bertz CT molecular complexity index is 833. The number of nitrogens with one attached hydrogen (secondary N) is 1. The van der Waals surface area contributed by atoms with Gasteiger partial charge < -0.3 is 19.5 Å². The van der Waals surface area contributed by atoms with Gasteiger partial charge in [0.25, 0.3) is 5.91 Å². The number of alkyl halides is 2. The molecule has 2 aromatic carbocycles. The Morgan fingerprint density at radius 1 is 1.07 bits per heavy atom. The maximum atomic E-state index is 13.6. The molecule has 0 heterocycles. The fourth-order valence-corrected chi connectivity index (χ4v) is 2.48. The van der Waals surface area contributed by atoms with Crippen molar-refractivity contribution in [3.05, 3.63) is 58.3 Å². The van der Waals surface area contributed by atoms with Gasteiger partial charge in [-0.25, -0.2) is 9.18 Å². The minimum atomic E-state index is -2.89. The maximum Gasteiger partial charge on any atom is 0.387 e. The molecular formula is C19H17BrF3NO5. The fourth-order valence-electron chi connectivity index (χ4n) is 2.15. The summed E-state index contributed by atoms with van der Waals surface area (Å²) in [6.45, 7) is -3.68. The van der Waals surface area contributed by atoms with Crippen molar-refractivity contribution in [2.45, 2.75) is 13.0 Å². The number of amides is 1. The lowest BCUT2D eigenvalue weighted by Crippen LogP contribution is -2.31. The molecule has 1 N–H and O–H groups in total. The first-order valence-corrected chi connectivity index (χ1v) is 9.16. The summed E-state index contributed by atoms with van der Waals surface area (Å²) < 4.78 is 52.2. The molecule has 0 saturated heterocycles. The molecule has 0 aliphatic heterocycles. The Morgan fingerprint density at radius 3 is 2.45 bits per heavy atom. The second-order valence-corrected chi connectivity index (χ2v) is 6.56. The zero-order valence-corrected chi connectivity index (χ0v) is 16.6. The SMILES string of the molecule is O=C(COC(=O)COc1ccc(Br)cc1F)NCCc1ccc(OC(F)F)cc1. The van der Waals surface area contributed by atoms with E-state index in [9.17, 15) is 22.8 Å². The lowest BCUT2D eigenvalue weighted by atomic mass is 10.1. The Kier molecular flexibility index (Phi) is 8.78. The van der Waals surface area contributed by atoms with Gasteiger partial charge in [0, 0.05) is 11.0 Å². The number of carbonyl (C=O) groups is 2. The summed E-state index contributed by atoms with van der Waals surface area (Å²) in [5.41, 5.74) is 0.800. The zero-order chi connectivity index (χ0) is 21.2. The minimum Gasteiger partial charge on any atom is -0.479 e. The smallest absolute Gasteiger partial charge is 0.387 e. The molecule has 6 nitrogen and oxygen atoms in total. The number of hydrogen-bond acceptors (Lipinski definition) is 5. The monoisotopic (exact) mass is 475 g/mol. The number of carbonyl (C=O) groups excluding carboxylic acids is 2. The summed E-state index contributed by atoms with van der Waals surface area (Å²) in [5, 5.41) is 2.55. The number of ether oxygens (including phenoxy) is 3. The highest BCUT2D eigenvalue weighted by atomic mass is 79.9. The van der Waals surface area contributed by atoms with Crippen LogP contribution in [0.1, 0.15) is 5.56 Å². The minimum absolute atomic E-state index is 0.0462. The molecule has 0 atom stereocenters. The predicted molar refractivity (Wildman–Crippen MR) is 100 cm³/mol. The van der Waals surface area contributed by atoms with Crippen molar-refractivity contribution in [3.63, 3.8) is 0 Å². The van der Waals surface area contributed by atoms with Crippen molar-refractivity contribution in [2.24, 2.45) is 0 Å². The van der Waals surface area contributed by atoms with E-state index in [2.05, 4.69) is 26.0 Å². The molecule has 0 aliphatic carbocycles. The van der Waals surface area contributed by atoms with Gasteiger partial charge in [0.2, 0.25) is 0 Å². The van der Waals surface area contributed by atoms with E-state index < -0.39 is 37.5 Å². The summed E-state index contributed by atoms with van der Waals surface area (Å²) in [7, 11) is 0. The van der Waals surface area contributed by atoms with Crippen LogP contribution in [0.2, 0.25) is 0 Å². The number of esters is 1. The molecule has 0 aromatic heterocycles. The van der Waals surface area contributed by atoms with Gasteiger partial charge in [-0.1, -0.05) is 28.1 Å². The first kappa shape index (κ1) is 22.5. The van der Waals surface area contributed by atoms with E-state index in [-0.39, 0.29) is 18.0 Å². The van der Waals surface area contributed by atoms with E-state index in [0.717, 1.165) is 5.56 Å². The van der Waals surface area contributed by atoms with Gasteiger partial charge in [0.05, 0.1) is 0 Å². The third-order valence-corrected chi connectivity index (χ3v) is 3.98. The second kappa shape index (κ2) is 11.3. The van der Waals surface area contributed by atoms with Crippen molar-refractivity contribution >= 4 is 27.8 Å². The van der Waals surface area contributed by atoms with Crippen LogP contribution in [0, 0.1) is 5.82 Å². The van der Waals surface area contributed by atoms with Crippen LogP contribution in [-0.4, -0.2) is 38.2 Å². The Balaban J connectivity index is 1.63. The van der Waals surface area contributed by atoms with Crippen molar-refractivity contribution in [1.82, 2.24) is 5.32 Å². The van der Waals surface area contributed by atoms with E-state index in [1.165, 1.54) is 24.3 Å². The summed E-state index contributed by atoms with van der Waals surface area (Å²) >= 11 is 3.10. The highest BCUT2D eigenvalue weighted by molar-refractivity contribution is 9.10. The Morgan fingerprint density at radius 2 is 1.79 bits per heavy atom. The molecule has 0 bridgehead atoms. The first-order chi connectivity index (χ1) is 13.8. The molecule has 2 rings (SSSR count). The van der Waals surface area contributed by atoms with Crippen LogP contribution in [0.5, 0.6) is 11.5 Å². The van der Waals surface area contributed by atoms with Gasteiger partial charge in [-0.05, 0) is 42.3 Å². The number of halogens is 4. The van der Waals surface area contributed by atoms with Crippen LogP contribution in [0.3, 0.4) is 0 Å². The third-order valence-electron chi connectivity index (χ3n) is 3.49. The molecule has 0 fully saturated rings. The molecule has 0 unspecified atom stereocenters. The molecular weight excluding hydrogens is 459 g/mol. The summed E-state index contributed by atoms with van der Waals surface area (Å²) in [4.78, 5) is 23.3. The molecule has 2 aromatic rings. The van der Waals surface area contributed by atoms with Crippen molar-refractivity contribution in [2.75, 3.05) is 19.8 Å². The summed E-state index contributed by atoms with van der Waals surface area (Å²) in [6.07, 6.45) is 0.445. The number of rotatable bonds is 10. The highest BCUT2D eigenvalue weighted by Gasteiger charge is 2.11. The van der Waals surface area contributed by atoms with Crippen LogP contribution in [0.15, 0.2) is 46.9 Å². The molecule has 1 amide bonds. The van der Waals surface area contributed by atoms with E-state index in [1.54, 1.807) is 18.2 Å². The van der Waals surface area contributed by atoms with Crippen LogP contribution < -0.4 is 14.8 Å². The molecule has 10 heteroatoms. The highest BCUT2D eigenvalue weighted by Crippen LogP contribution is 2.21. The van der Waals surface area contributed by atoms with Crippen molar-refractivity contribution < 1.29 is 37.0 Å². The van der Waals surface area contributed by atoms with E-state index in [0.29, 0.717) is 10.9 Å². The molecule has 0 saturated carbocycles. The molecule has 0 spiro atoms. The average molecular weight is 476 g/mol. The third kappa shape index (κ3) is 8.43. The average Bonchev–Trinajstić information content (AvgIpc) is 2.66. The Labute approximate surface area is 173 Å². The lowest BCUT2D eigenvalue weighted by Gasteiger charge is -2.09. The maximum absolute atomic E-state index is 13.6. The van der Waals surface area contributed by atoms with Crippen LogP contribution in [0.25, 0.3) is 0 Å². The van der Waals surface area contributed by atoms with E-state index in [4.69, 9.17) is 9.47 Å². The zero-order valence-electron chi connectivity index (χ0n) is 15.0. The van der Waals surface area contributed by atoms with E-state index >= 15 is 0 Å². The fraction of sp³-hybridized carbons (Fsp3) is 0.263. The van der Waals surface area contributed by atoms with Crippen LogP contribution in [-0.2, 0) is 20.7 Å². The van der Waals surface area contributed by atoms with Gasteiger partial charge in [0.1, 0.15) is 5.75 Å². The van der Waals surface area contributed by atoms with Crippen molar-refractivity contribution in [3.8, 4) is 11.5 Å². The van der Waals surface area contributed by atoms with Crippen LogP contribution >= 0.6 is 15.9 Å². The molecule has 29 heavy (non-hydrogen) atoms. The van der Waals surface area contributed by atoms with Gasteiger partial charge in [0.15, 0.2) is 24.8 Å². The summed E-state index contributed by atoms with van der Waals surface area (Å²) in [6, 6.07) is 10.1. The summed E-state index contributed by atoms with van der Waals surface area (Å²) in [5.74, 6) is -2.05. The van der Waals surface area contributed by atoms with Gasteiger partial charge in [-0.15, -0.1) is 0 Å². The Hall–Kier alpha value is -2.75. The number of benzene rings is 2. The van der Waals surface area contributed by atoms with Gasteiger partial charge in [-0.2, -0.15) is 8.78 Å². The normalized spacial score (nSPS) is 10.5. The van der Waals surface area contributed by atoms with Gasteiger partial charge >= 0.3 is 12.6 Å². The second-order valence-electron chi connectivity index (χ2n) is 5.65. The topological polar surface area (TPSA) is 73.9 Å². The standard InChI is InChI=1S/C19H17BrF3NO5/c20-13-3-6-16(15(21)9-13)27-11-18(26)28-10-17(25)24-8-7-12-1-4-14(5-2-12)29-19(22)23/h1-6,9,19H,7-8,10-11H2,(H,24,25). The molecule has 0 aliphatic rings. The molecule has 0 radical (unpaired) electrons. The predicted octanol–water partition coefficient (Wildman–Crippen LogP) is 3.47. The van der Waals surface area contributed by atoms with Crippen molar-refractivity contribution in [1.29, 1.82) is 0 Å².